The Morgan fingerprint density at radius 3 is 2.76 bits per heavy atom. The molecule has 0 N–H and O–H groups in total. The zero-order valence-electron chi connectivity index (χ0n) is 11.3. The third-order valence-electron chi connectivity index (χ3n) is 3.87. The maximum atomic E-state index is 2.69. The van der Waals surface area contributed by atoms with Crippen LogP contribution in [0.1, 0.15) is 56.7 Å². The molecule has 1 nitrogen and oxygen atoms in total. The second kappa shape index (κ2) is 6.20. The Morgan fingerprint density at radius 2 is 2.00 bits per heavy atom. The molecule has 0 fully saturated rings. The molecule has 0 amide bonds. The first-order valence-electron chi connectivity index (χ1n) is 7.18. The molecule has 0 saturated carbocycles. The summed E-state index contributed by atoms with van der Waals surface area (Å²) in [6, 6.07) is 9.73. The molecule has 0 saturated heterocycles. The van der Waals surface area contributed by atoms with Crippen molar-refractivity contribution in [1.29, 1.82) is 0 Å². The molecule has 1 aliphatic rings. The van der Waals surface area contributed by atoms with Crippen molar-refractivity contribution in [2.24, 2.45) is 0 Å². The van der Waals surface area contributed by atoms with E-state index in [0.29, 0.717) is 6.04 Å². The number of hydrogen-bond acceptors (Lipinski definition) is 1. The van der Waals surface area contributed by atoms with Gasteiger partial charge in [0.15, 0.2) is 0 Å². The molecule has 0 aromatic heterocycles. The zero-order chi connectivity index (χ0) is 12.1. The Balaban J connectivity index is 2.19. The van der Waals surface area contributed by atoms with E-state index in [-0.39, 0.29) is 0 Å². The maximum Gasteiger partial charge on any atom is 0.0350 e. The quantitative estimate of drug-likeness (QED) is 0.734. The number of nitrogens with zero attached hydrogens (tertiary/aromatic N) is 1. The normalized spacial score (nSPS) is 20.2. The Bertz CT molecular complexity index is 345. The topological polar surface area (TPSA) is 3.24 Å². The van der Waals surface area contributed by atoms with E-state index in [4.69, 9.17) is 0 Å². The van der Waals surface area contributed by atoms with Gasteiger partial charge in [0, 0.05) is 12.6 Å². The van der Waals surface area contributed by atoms with E-state index in [1.54, 1.807) is 11.1 Å². The van der Waals surface area contributed by atoms with Crippen molar-refractivity contribution in [3.05, 3.63) is 35.4 Å². The predicted octanol–water partition coefficient (Wildman–Crippen LogP) is 4.19. The second-order valence-electron chi connectivity index (χ2n) is 5.14. The van der Waals surface area contributed by atoms with Crippen molar-refractivity contribution < 1.29 is 0 Å². The van der Waals surface area contributed by atoms with E-state index >= 15 is 0 Å². The first-order chi connectivity index (χ1) is 8.36. The molecule has 1 unspecified atom stereocenters. The number of benzene rings is 1. The van der Waals surface area contributed by atoms with Crippen LogP contribution in [0.3, 0.4) is 0 Å². The molecule has 0 aliphatic carbocycles. The van der Waals surface area contributed by atoms with Gasteiger partial charge in [-0.15, -0.1) is 0 Å². The van der Waals surface area contributed by atoms with E-state index < -0.39 is 0 Å². The minimum atomic E-state index is 0.680. The highest BCUT2D eigenvalue weighted by atomic mass is 15.2. The van der Waals surface area contributed by atoms with Crippen LogP contribution in [0.5, 0.6) is 0 Å². The van der Waals surface area contributed by atoms with Crippen LogP contribution in [0, 0.1) is 0 Å². The summed E-state index contributed by atoms with van der Waals surface area (Å²) >= 11 is 0. The fourth-order valence-corrected chi connectivity index (χ4v) is 2.99. The lowest BCUT2D eigenvalue weighted by Gasteiger charge is -2.37. The molecule has 1 heteroatoms. The van der Waals surface area contributed by atoms with Crippen LogP contribution in [-0.4, -0.2) is 18.0 Å². The van der Waals surface area contributed by atoms with Crippen LogP contribution in [0.25, 0.3) is 0 Å². The van der Waals surface area contributed by atoms with Crippen molar-refractivity contribution in [2.45, 2.75) is 52.0 Å². The SMILES string of the molecule is CCCCC1c2ccccc2CCN1CCC. The van der Waals surface area contributed by atoms with Gasteiger partial charge >= 0.3 is 0 Å². The van der Waals surface area contributed by atoms with Crippen LogP contribution in [0.2, 0.25) is 0 Å². The standard InChI is InChI=1S/C16H25N/c1-3-5-10-16-15-9-7-6-8-14(15)11-13-17(16)12-4-2/h6-9,16H,3-5,10-13H2,1-2H3. The Morgan fingerprint density at radius 1 is 1.18 bits per heavy atom. The lowest BCUT2D eigenvalue weighted by molar-refractivity contribution is 0.173. The predicted molar refractivity (Wildman–Crippen MR) is 74.3 cm³/mol. The van der Waals surface area contributed by atoms with Gasteiger partial charge in [0.25, 0.3) is 0 Å². The lowest BCUT2D eigenvalue weighted by Crippen LogP contribution is -2.36. The molecule has 94 valence electrons. The van der Waals surface area contributed by atoms with E-state index in [2.05, 4.69) is 43.0 Å². The molecule has 0 spiro atoms. The number of unbranched alkanes of at least 4 members (excludes halogenated alkanes) is 1. The summed E-state index contributed by atoms with van der Waals surface area (Å²) in [5, 5.41) is 0. The minimum Gasteiger partial charge on any atom is -0.296 e. The largest absolute Gasteiger partial charge is 0.296 e. The van der Waals surface area contributed by atoms with E-state index in [9.17, 15) is 0 Å². The van der Waals surface area contributed by atoms with Gasteiger partial charge < -0.3 is 0 Å². The van der Waals surface area contributed by atoms with E-state index in [0.717, 1.165) is 0 Å². The molecule has 1 aromatic rings. The van der Waals surface area contributed by atoms with E-state index in [1.165, 1.54) is 45.2 Å². The smallest absolute Gasteiger partial charge is 0.0350 e. The van der Waals surface area contributed by atoms with Crippen molar-refractivity contribution in [1.82, 2.24) is 4.90 Å². The molecule has 1 atom stereocenters. The van der Waals surface area contributed by atoms with Gasteiger partial charge in [-0.1, -0.05) is 51.0 Å². The van der Waals surface area contributed by atoms with Gasteiger partial charge in [-0.2, -0.15) is 0 Å². The fraction of sp³-hybridized carbons (Fsp3) is 0.625. The van der Waals surface area contributed by atoms with Gasteiger partial charge in [0.1, 0.15) is 0 Å². The second-order valence-corrected chi connectivity index (χ2v) is 5.14. The monoisotopic (exact) mass is 231 g/mol. The molecule has 2 rings (SSSR count). The van der Waals surface area contributed by atoms with Crippen LogP contribution in [-0.2, 0) is 6.42 Å². The van der Waals surface area contributed by atoms with Gasteiger partial charge in [0.2, 0.25) is 0 Å². The summed E-state index contributed by atoms with van der Waals surface area (Å²) < 4.78 is 0. The molecular formula is C16H25N. The highest BCUT2D eigenvalue weighted by molar-refractivity contribution is 5.32. The Labute approximate surface area is 106 Å². The van der Waals surface area contributed by atoms with Gasteiger partial charge in [-0.25, -0.2) is 0 Å². The fourth-order valence-electron chi connectivity index (χ4n) is 2.99. The summed E-state index contributed by atoms with van der Waals surface area (Å²) in [4.78, 5) is 2.69. The summed E-state index contributed by atoms with van der Waals surface area (Å²) in [5.41, 5.74) is 3.18. The van der Waals surface area contributed by atoms with Crippen LogP contribution in [0.15, 0.2) is 24.3 Å². The average Bonchev–Trinajstić information content (AvgIpc) is 2.37. The summed E-state index contributed by atoms with van der Waals surface area (Å²) in [7, 11) is 0. The van der Waals surface area contributed by atoms with Crippen molar-refractivity contribution in [2.75, 3.05) is 13.1 Å². The van der Waals surface area contributed by atoms with E-state index in [1.807, 2.05) is 0 Å². The van der Waals surface area contributed by atoms with Crippen molar-refractivity contribution >= 4 is 0 Å². The van der Waals surface area contributed by atoms with Crippen molar-refractivity contribution in [3.63, 3.8) is 0 Å². The molecular weight excluding hydrogens is 206 g/mol. The average molecular weight is 231 g/mol. The minimum absolute atomic E-state index is 0.680. The zero-order valence-corrected chi connectivity index (χ0v) is 11.3. The first-order valence-corrected chi connectivity index (χ1v) is 7.18. The number of rotatable bonds is 5. The van der Waals surface area contributed by atoms with Gasteiger partial charge in [-0.05, 0) is 36.9 Å². The lowest BCUT2D eigenvalue weighted by atomic mass is 9.89. The molecule has 0 bridgehead atoms. The van der Waals surface area contributed by atoms with Crippen LogP contribution in [0.4, 0.5) is 0 Å². The molecule has 1 aliphatic heterocycles. The third-order valence-corrected chi connectivity index (χ3v) is 3.87. The van der Waals surface area contributed by atoms with Crippen LogP contribution >= 0.6 is 0 Å². The number of hydrogen-bond donors (Lipinski definition) is 0. The van der Waals surface area contributed by atoms with Crippen LogP contribution < -0.4 is 0 Å². The molecule has 17 heavy (non-hydrogen) atoms. The highest BCUT2D eigenvalue weighted by Crippen LogP contribution is 2.33. The summed E-state index contributed by atoms with van der Waals surface area (Å²) in [6.07, 6.45) is 6.48. The van der Waals surface area contributed by atoms with Gasteiger partial charge in [-0.3, -0.25) is 4.90 Å². The third kappa shape index (κ3) is 2.90. The summed E-state index contributed by atoms with van der Waals surface area (Å²) in [6.45, 7) is 7.08. The Hall–Kier alpha value is -0.820. The first kappa shape index (κ1) is 12.6. The molecule has 1 aromatic carbocycles. The highest BCUT2D eigenvalue weighted by Gasteiger charge is 2.25. The maximum absolute atomic E-state index is 2.69. The van der Waals surface area contributed by atoms with Gasteiger partial charge in [0.05, 0.1) is 0 Å². The Kier molecular flexibility index (Phi) is 4.61. The molecule has 1 heterocycles. The van der Waals surface area contributed by atoms with Crippen molar-refractivity contribution in [3.8, 4) is 0 Å². The number of fused-ring (bicyclic) bond motifs is 1. The summed E-state index contributed by atoms with van der Waals surface area (Å²) in [5.74, 6) is 0. The molecule has 0 radical (unpaired) electrons.